The van der Waals surface area contributed by atoms with E-state index in [-0.39, 0.29) is 5.92 Å². The lowest BCUT2D eigenvalue weighted by Crippen LogP contribution is -2.16. The van der Waals surface area contributed by atoms with E-state index < -0.39 is 0 Å². The first-order chi connectivity index (χ1) is 5.74. The minimum Gasteiger partial charge on any atom is -0.299 e. The van der Waals surface area contributed by atoms with Crippen LogP contribution in [0.4, 0.5) is 0 Å². The van der Waals surface area contributed by atoms with Gasteiger partial charge in [0.2, 0.25) is 0 Å². The molecule has 1 rings (SSSR count). The van der Waals surface area contributed by atoms with Gasteiger partial charge in [-0.1, -0.05) is 31.9 Å². The Hall–Kier alpha value is -0.590. The fraction of sp³-hybridized carbons (Fsp3) is 0.727. The zero-order valence-corrected chi connectivity index (χ0v) is 8.05. The molecule has 0 saturated heterocycles. The van der Waals surface area contributed by atoms with Crippen LogP contribution in [0.5, 0.6) is 0 Å². The summed E-state index contributed by atoms with van der Waals surface area (Å²) in [5.74, 6) is 1.30. The first kappa shape index (κ1) is 9.50. The Balaban J connectivity index is 2.45. The summed E-state index contributed by atoms with van der Waals surface area (Å²) in [5.41, 5.74) is 0. The Kier molecular flexibility index (Phi) is 3.51. The fourth-order valence-electron chi connectivity index (χ4n) is 1.91. The number of carbonyl (C=O) groups excluding carboxylic acids is 1. The summed E-state index contributed by atoms with van der Waals surface area (Å²) < 4.78 is 0. The molecule has 0 saturated carbocycles. The van der Waals surface area contributed by atoms with Crippen LogP contribution in [0.1, 0.15) is 39.5 Å². The Labute approximate surface area is 74.9 Å². The number of rotatable bonds is 3. The van der Waals surface area contributed by atoms with E-state index in [0.29, 0.717) is 5.78 Å². The first-order valence-electron chi connectivity index (χ1n) is 4.91. The summed E-state index contributed by atoms with van der Waals surface area (Å²) >= 11 is 0. The van der Waals surface area contributed by atoms with Gasteiger partial charge in [0.15, 0.2) is 0 Å². The molecule has 1 aliphatic carbocycles. The monoisotopic (exact) mass is 166 g/mol. The summed E-state index contributed by atoms with van der Waals surface area (Å²) in [6.07, 6.45) is 9.03. The number of hydrogen-bond acceptors (Lipinski definition) is 1. The molecule has 1 aliphatic rings. The minimum atomic E-state index is 0.218. The molecule has 12 heavy (non-hydrogen) atoms. The highest BCUT2D eigenvalue weighted by Crippen LogP contribution is 2.27. The van der Waals surface area contributed by atoms with Gasteiger partial charge >= 0.3 is 0 Å². The maximum absolute atomic E-state index is 11.1. The Morgan fingerprint density at radius 3 is 2.92 bits per heavy atom. The molecule has 2 unspecified atom stereocenters. The van der Waals surface area contributed by atoms with Gasteiger partial charge in [0.25, 0.3) is 0 Å². The van der Waals surface area contributed by atoms with Crippen LogP contribution >= 0.6 is 0 Å². The molecule has 0 fully saturated rings. The quantitative estimate of drug-likeness (QED) is 0.589. The van der Waals surface area contributed by atoms with E-state index in [4.69, 9.17) is 0 Å². The molecule has 0 bridgehead atoms. The largest absolute Gasteiger partial charge is 0.299 e. The van der Waals surface area contributed by atoms with Crippen molar-refractivity contribution in [2.45, 2.75) is 39.5 Å². The van der Waals surface area contributed by atoms with E-state index in [2.05, 4.69) is 19.1 Å². The maximum Gasteiger partial charge on any atom is 0.136 e. The predicted molar refractivity (Wildman–Crippen MR) is 50.9 cm³/mol. The molecule has 0 spiro atoms. The van der Waals surface area contributed by atoms with E-state index in [1.54, 1.807) is 6.92 Å². The number of ketones is 1. The van der Waals surface area contributed by atoms with Crippen molar-refractivity contribution >= 4 is 5.78 Å². The van der Waals surface area contributed by atoms with Gasteiger partial charge in [-0.3, -0.25) is 4.79 Å². The molecule has 0 amide bonds. The summed E-state index contributed by atoms with van der Waals surface area (Å²) in [7, 11) is 0. The summed E-state index contributed by atoms with van der Waals surface area (Å²) in [6.45, 7) is 3.91. The molecule has 0 aromatic heterocycles. The van der Waals surface area contributed by atoms with Crippen molar-refractivity contribution in [3.8, 4) is 0 Å². The molecule has 0 heterocycles. The molecule has 0 N–H and O–H groups in total. The van der Waals surface area contributed by atoms with Crippen molar-refractivity contribution in [1.82, 2.24) is 0 Å². The third kappa shape index (κ3) is 2.47. The first-order valence-corrected chi connectivity index (χ1v) is 4.91. The van der Waals surface area contributed by atoms with Gasteiger partial charge in [-0.15, -0.1) is 0 Å². The molecular formula is C11H18O. The standard InChI is InChI=1S/C11H18O/c1-3-5-10-6-4-7-11(8-10)9(2)12/h4,7,10-11H,3,5-6,8H2,1-2H3. The van der Waals surface area contributed by atoms with E-state index in [0.717, 1.165) is 12.3 Å². The van der Waals surface area contributed by atoms with Crippen molar-refractivity contribution in [2.75, 3.05) is 0 Å². The van der Waals surface area contributed by atoms with Crippen LogP contribution in [-0.4, -0.2) is 5.78 Å². The third-order valence-corrected chi connectivity index (χ3v) is 2.64. The molecule has 0 aliphatic heterocycles. The number of hydrogen-bond donors (Lipinski definition) is 0. The predicted octanol–water partition coefficient (Wildman–Crippen LogP) is 2.96. The van der Waals surface area contributed by atoms with E-state index in [1.165, 1.54) is 19.3 Å². The molecule has 0 aromatic rings. The molecule has 1 nitrogen and oxygen atoms in total. The van der Waals surface area contributed by atoms with Gasteiger partial charge in [0.1, 0.15) is 5.78 Å². The Morgan fingerprint density at radius 1 is 1.58 bits per heavy atom. The normalized spacial score (nSPS) is 28.8. The van der Waals surface area contributed by atoms with E-state index in [1.807, 2.05) is 0 Å². The molecule has 2 atom stereocenters. The van der Waals surface area contributed by atoms with Gasteiger partial charge in [0.05, 0.1) is 0 Å². The van der Waals surface area contributed by atoms with Crippen molar-refractivity contribution in [3.05, 3.63) is 12.2 Å². The van der Waals surface area contributed by atoms with Crippen molar-refractivity contribution in [2.24, 2.45) is 11.8 Å². The highest BCUT2D eigenvalue weighted by Gasteiger charge is 2.19. The van der Waals surface area contributed by atoms with Crippen LogP contribution in [0.2, 0.25) is 0 Å². The molecule has 68 valence electrons. The van der Waals surface area contributed by atoms with Crippen LogP contribution in [-0.2, 0) is 4.79 Å². The van der Waals surface area contributed by atoms with Gasteiger partial charge in [-0.25, -0.2) is 0 Å². The SMILES string of the molecule is CCCC1CC=CC(C(C)=O)C1. The summed E-state index contributed by atoms with van der Waals surface area (Å²) in [4.78, 5) is 11.1. The zero-order valence-electron chi connectivity index (χ0n) is 8.05. The lowest BCUT2D eigenvalue weighted by molar-refractivity contribution is -0.120. The van der Waals surface area contributed by atoms with Crippen molar-refractivity contribution < 1.29 is 4.79 Å². The van der Waals surface area contributed by atoms with Crippen LogP contribution in [0, 0.1) is 11.8 Å². The van der Waals surface area contributed by atoms with Gasteiger partial charge < -0.3 is 0 Å². The molecule has 0 radical (unpaired) electrons. The van der Waals surface area contributed by atoms with Crippen molar-refractivity contribution in [1.29, 1.82) is 0 Å². The summed E-state index contributed by atoms with van der Waals surface area (Å²) in [6, 6.07) is 0. The van der Waals surface area contributed by atoms with Gasteiger partial charge in [0, 0.05) is 5.92 Å². The second-order valence-corrected chi connectivity index (χ2v) is 3.77. The maximum atomic E-state index is 11.1. The molecule has 1 heteroatoms. The Bertz CT molecular complexity index is 181. The smallest absolute Gasteiger partial charge is 0.136 e. The molecular weight excluding hydrogens is 148 g/mol. The fourth-order valence-corrected chi connectivity index (χ4v) is 1.91. The number of carbonyl (C=O) groups is 1. The third-order valence-electron chi connectivity index (χ3n) is 2.64. The van der Waals surface area contributed by atoms with Crippen LogP contribution in [0.15, 0.2) is 12.2 Å². The number of Topliss-reactive ketones (excluding diaryl/α,β-unsaturated/α-hetero) is 1. The average molecular weight is 166 g/mol. The second-order valence-electron chi connectivity index (χ2n) is 3.77. The van der Waals surface area contributed by atoms with Gasteiger partial charge in [-0.05, 0) is 25.7 Å². The van der Waals surface area contributed by atoms with Crippen LogP contribution < -0.4 is 0 Å². The summed E-state index contributed by atoms with van der Waals surface area (Å²) in [5, 5.41) is 0. The van der Waals surface area contributed by atoms with Crippen LogP contribution in [0.25, 0.3) is 0 Å². The Morgan fingerprint density at radius 2 is 2.33 bits per heavy atom. The molecule has 0 aromatic carbocycles. The average Bonchev–Trinajstić information content (AvgIpc) is 2.05. The highest BCUT2D eigenvalue weighted by atomic mass is 16.1. The van der Waals surface area contributed by atoms with E-state index in [9.17, 15) is 4.79 Å². The lowest BCUT2D eigenvalue weighted by atomic mass is 9.82. The van der Waals surface area contributed by atoms with E-state index >= 15 is 0 Å². The second kappa shape index (κ2) is 4.44. The minimum absolute atomic E-state index is 0.218. The topological polar surface area (TPSA) is 17.1 Å². The van der Waals surface area contributed by atoms with Crippen molar-refractivity contribution in [3.63, 3.8) is 0 Å². The van der Waals surface area contributed by atoms with Gasteiger partial charge in [-0.2, -0.15) is 0 Å². The lowest BCUT2D eigenvalue weighted by Gasteiger charge is -2.22. The highest BCUT2D eigenvalue weighted by molar-refractivity contribution is 5.80. The van der Waals surface area contributed by atoms with Crippen LogP contribution in [0.3, 0.4) is 0 Å². The number of allylic oxidation sites excluding steroid dienone is 2. The zero-order chi connectivity index (χ0) is 8.97.